The Morgan fingerprint density at radius 2 is 1.93 bits per heavy atom. The number of hydrogen-bond acceptors (Lipinski definition) is 5. The highest BCUT2D eigenvalue weighted by Crippen LogP contribution is 2.32. The number of carbonyl (C=O) groups excluding carboxylic acids is 2. The van der Waals surface area contributed by atoms with Crippen molar-refractivity contribution < 1.29 is 18.7 Å². The molecule has 0 spiro atoms. The normalized spacial score (nSPS) is 17.7. The zero-order valence-electron chi connectivity index (χ0n) is 16.0. The number of hydrogen-bond donors (Lipinski definition) is 1. The third kappa shape index (κ3) is 5.88. The number of amidine groups is 1. The fraction of sp³-hybridized carbons (Fsp3) is 0.286. The summed E-state index contributed by atoms with van der Waals surface area (Å²) in [6.07, 6.45) is 0.681. The van der Waals surface area contributed by atoms with Gasteiger partial charge in [-0.1, -0.05) is 30.0 Å². The number of ether oxygens (including phenoxy) is 1. The van der Waals surface area contributed by atoms with E-state index in [4.69, 9.17) is 4.74 Å². The van der Waals surface area contributed by atoms with Gasteiger partial charge < -0.3 is 10.1 Å². The van der Waals surface area contributed by atoms with Gasteiger partial charge in [0.15, 0.2) is 5.17 Å². The van der Waals surface area contributed by atoms with Crippen LogP contribution in [0.1, 0.15) is 12.8 Å². The fourth-order valence-electron chi connectivity index (χ4n) is 2.82. The predicted molar refractivity (Wildman–Crippen MR) is 113 cm³/mol. The minimum Gasteiger partial charge on any atom is -0.385 e. The largest absolute Gasteiger partial charge is 0.385 e. The van der Waals surface area contributed by atoms with E-state index in [1.165, 1.54) is 36.0 Å². The minimum absolute atomic E-state index is 0.00939. The molecule has 3 rings (SSSR count). The van der Waals surface area contributed by atoms with Crippen LogP contribution in [0.2, 0.25) is 0 Å². The molecule has 6 nitrogen and oxygen atoms in total. The first kappa shape index (κ1) is 21.0. The van der Waals surface area contributed by atoms with Crippen LogP contribution in [-0.2, 0) is 14.3 Å². The van der Waals surface area contributed by atoms with Gasteiger partial charge >= 0.3 is 0 Å². The Morgan fingerprint density at radius 3 is 2.62 bits per heavy atom. The number of methoxy groups -OCH3 is 1. The van der Waals surface area contributed by atoms with Crippen LogP contribution in [0, 0.1) is 5.82 Å². The summed E-state index contributed by atoms with van der Waals surface area (Å²) in [5.41, 5.74) is 1.23. The molecule has 0 saturated carbocycles. The van der Waals surface area contributed by atoms with Crippen LogP contribution in [0.5, 0.6) is 0 Å². The number of amides is 2. The summed E-state index contributed by atoms with van der Waals surface area (Å²) in [4.78, 5) is 31.5. The van der Waals surface area contributed by atoms with Crippen LogP contribution >= 0.6 is 11.8 Å². The molecule has 1 heterocycles. The quantitative estimate of drug-likeness (QED) is 0.666. The smallest absolute Gasteiger partial charge is 0.242 e. The van der Waals surface area contributed by atoms with E-state index in [2.05, 4.69) is 10.3 Å². The molecule has 1 aliphatic rings. The van der Waals surface area contributed by atoms with Crippen molar-refractivity contribution >= 4 is 40.1 Å². The average Bonchev–Trinajstić information content (AvgIpc) is 2.99. The van der Waals surface area contributed by atoms with Crippen LogP contribution in [0.15, 0.2) is 59.6 Å². The standard InChI is InChI=1S/C21H22FN3O3S/c1-28-13-5-12-25-20(27)18(29-21(25)24-16-6-3-2-4-7-16)14-19(26)23-17-10-8-15(22)9-11-17/h2-4,6-11,18H,5,12-14H2,1H3,(H,23,26)/t18-/m0/s1. The summed E-state index contributed by atoms with van der Waals surface area (Å²) in [6, 6.07) is 14.9. The second-order valence-electron chi connectivity index (χ2n) is 6.43. The highest BCUT2D eigenvalue weighted by molar-refractivity contribution is 8.15. The number of aliphatic imine (C=N–C) groups is 1. The third-order valence-corrected chi connectivity index (χ3v) is 5.41. The van der Waals surface area contributed by atoms with Crippen molar-refractivity contribution in [1.29, 1.82) is 0 Å². The van der Waals surface area contributed by atoms with Crippen molar-refractivity contribution in [3.8, 4) is 0 Å². The first-order valence-corrected chi connectivity index (χ1v) is 10.1. The number of thioether (sulfide) groups is 1. The lowest BCUT2D eigenvalue weighted by Gasteiger charge is -2.16. The summed E-state index contributed by atoms with van der Waals surface area (Å²) >= 11 is 1.29. The topological polar surface area (TPSA) is 71.0 Å². The summed E-state index contributed by atoms with van der Waals surface area (Å²) in [6.45, 7) is 1.00. The Hall–Kier alpha value is -2.71. The molecule has 152 valence electrons. The van der Waals surface area contributed by atoms with Gasteiger partial charge in [-0.05, 0) is 42.8 Å². The molecule has 2 amide bonds. The Kier molecular flexibility index (Phi) is 7.37. The van der Waals surface area contributed by atoms with Crippen molar-refractivity contribution in [3.05, 3.63) is 60.4 Å². The molecule has 0 bridgehead atoms. The Labute approximate surface area is 173 Å². The van der Waals surface area contributed by atoms with Crippen molar-refractivity contribution in [2.24, 2.45) is 4.99 Å². The van der Waals surface area contributed by atoms with Crippen LogP contribution in [-0.4, -0.2) is 47.4 Å². The van der Waals surface area contributed by atoms with Crippen molar-refractivity contribution in [3.63, 3.8) is 0 Å². The molecule has 1 aliphatic heterocycles. The van der Waals surface area contributed by atoms with Gasteiger partial charge in [-0.15, -0.1) is 0 Å². The van der Waals surface area contributed by atoms with E-state index in [1.54, 1.807) is 12.0 Å². The summed E-state index contributed by atoms with van der Waals surface area (Å²) in [5, 5.41) is 2.72. The number of halogens is 1. The zero-order valence-corrected chi connectivity index (χ0v) is 16.8. The molecule has 8 heteroatoms. The van der Waals surface area contributed by atoms with E-state index < -0.39 is 5.25 Å². The van der Waals surface area contributed by atoms with Gasteiger partial charge in [0.05, 0.1) is 5.69 Å². The van der Waals surface area contributed by atoms with Gasteiger partial charge in [0.2, 0.25) is 11.8 Å². The number of nitrogens with one attached hydrogen (secondary N) is 1. The van der Waals surface area contributed by atoms with Crippen LogP contribution in [0.3, 0.4) is 0 Å². The SMILES string of the molecule is COCCCN1C(=O)[C@H](CC(=O)Nc2ccc(F)cc2)SC1=Nc1ccccc1. The summed E-state index contributed by atoms with van der Waals surface area (Å²) < 4.78 is 18.1. The van der Waals surface area contributed by atoms with Gasteiger partial charge in [0, 0.05) is 32.4 Å². The van der Waals surface area contributed by atoms with Gasteiger partial charge in [-0.2, -0.15) is 0 Å². The number of rotatable bonds is 8. The predicted octanol–water partition coefficient (Wildman–Crippen LogP) is 3.82. The maximum atomic E-state index is 13.0. The maximum absolute atomic E-state index is 13.0. The molecule has 2 aromatic rings. The van der Waals surface area contributed by atoms with Crippen LogP contribution in [0.4, 0.5) is 15.8 Å². The molecule has 1 fully saturated rings. The molecule has 1 saturated heterocycles. The molecule has 0 radical (unpaired) electrons. The van der Waals surface area contributed by atoms with Gasteiger partial charge in [-0.3, -0.25) is 14.5 Å². The first-order chi connectivity index (χ1) is 14.1. The van der Waals surface area contributed by atoms with Crippen LogP contribution in [0.25, 0.3) is 0 Å². The molecule has 1 atom stereocenters. The molecule has 1 N–H and O–H groups in total. The van der Waals surface area contributed by atoms with E-state index >= 15 is 0 Å². The van der Waals surface area contributed by atoms with Gasteiger partial charge in [0.25, 0.3) is 0 Å². The fourth-order valence-corrected chi connectivity index (χ4v) is 4.01. The lowest BCUT2D eigenvalue weighted by molar-refractivity contribution is -0.128. The number of nitrogens with zero attached hydrogens (tertiary/aromatic N) is 2. The molecule has 0 unspecified atom stereocenters. The Bertz CT molecular complexity index is 874. The molecule has 0 aromatic heterocycles. The van der Waals surface area contributed by atoms with Crippen LogP contribution < -0.4 is 5.32 Å². The molecular weight excluding hydrogens is 393 g/mol. The highest BCUT2D eigenvalue weighted by atomic mass is 32.2. The van der Waals surface area contributed by atoms with E-state index in [0.29, 0.717) is 30.4 Å². The second-order valence-corrected chi connectivity index (χ2v) is 7.60. The number of benzene rings is 2. The summed E-state index contributed by atoms with van der Waals surface area (Å²) in [7, 11) is 1.61. The molecule has 29 heavy (non-hydrogen) atoms. The molecular formula is C21H22FN3O3S. The molecule has 2 aromatic carbocycles. The third-order valence-electron chi connectivity index (χ3n) is 4.23. The Morgan fingerprint density at radius 1 is 1.21 bits per heavy atom. The lowest BCUT2D eigenvalue weighted by atomic mass is 10.2. The first-order valence-electron chi connectivity index (χ1n) is 9.23. The minimum atomic E-state index is -0.555. The van der Waals surface area contributed by atoms with E-state index in [0.717, 1.165) is 5.69 Å². The average molecular weight is 415 g/mol. The van der Waals surface area contributed by atoms with Crippen molar-refractivity contribution in [2.75, 3.05) is 25.6 Å². The summed E-state index contributed by atoms with van der Waals surface area (Å²) in [5.74, 6) is -0.826. The van der Waals surface area contributed by atoms with Crippen molar-refractivity contribution in [2.45, 2.75) is 18.1 Å². The highest BCUT2D eigenvalue weighted by Gasteiger charge is 2.38. The number of para-hydroxylation sites is 1. The maximum Gasteiger partial charge on any atom is 0.242 e. The van der Waals surface area contributed by atoms with E-state index in [9.17, 15) is 14.0 Å². The number of carbonyl (C=O) groups is 2. The zero-order chi connectivity index (χ0) is 20.6. The molecule has 0 aliphatic carbocycles. The Balaban J connectivity index is 1.70. The second kappa shape index (κ2) is 10.2. The number of anilines is 1. The van der Waals surface area contributed by atoms with Crippen molar-refractivity contribution in [1.82, 2.24) is 4.90 Å². The van der Waals surface area contributed by atoms with E-state index in [-0.39, 0.29) is 24.1 Å². The van der Waals surface area contributed by atoms with Gasteiger partial charge in [-0.25, -0.2) is 9.38 Å². The lowest BCUT2D eigenvalue weighted by Crippen LogP contribution is -2.34. The monoisotopic (exact) mass is 415 g/mol. The van der Waals surface area contributed by atoms with Gasteiger partial charge in [0.1, 0.15) is 11.1 Å². The van der Waals surface area contributed by atoms with E-state index in [1.807, 2.05) is 30.3 Å².